The van der Waals surface area contributed by atoms with Crippen LogP contribution < -0.4 is 16.0 Å². The lowest BCUT2D eigenvalue weighted by Gasteiger charge is -2.38. The third kappa shape index (κ3) is 7.94. The van der Waals surface area contributed by atoms with E-state index < -0.39 is 72.5 Å². The van der Waals surface area contributed by atoms with Gasteiger partial charge in [0, 0.05) is 19.6 Å². The second kappa shape index (κ2) is 14.9. The quantitative estimate of drug-likeness (QED) is 0.370. The van der Waals surface area contributed by atoms with Crippen LogP contribution >= 0.6 is 0 Å². The molecule has 3 saturated heterocycles. The van der Waals surface area contributed by atoms with Crippen LogP contribution in [-0.4, -0.2) is 107 Å². The van der Waals surface area contributed by atoms with Crippen molar-refractivity contribution in [1.82, 2.24) is 25.8 Å². The van der Waals surface area contributed by atoms with E-state index in [-0.39, 0.29) is 31.1 Å². The predicted octanol–water partition coefficient (Wildman–Crippen LogP) is 0.619. The fraction of sp³-hybridized carbons (Fsp3) is 0.545. The van der Waals surface area contributed by atoms with Gasteiger partial charge in [-0.2, -0.15) is 0 Å². The molecule has 1 aromatic heterocycles. The van der Waals surface area contributed by atoms with E-state index in [1.165, 1.54) is 28.4 Å². The second-order valence-electron chi connectivity index (χ2n) is 12.7. The summed E-state index contributed by atoms with van der Waals surface area (Å²) in [5.41, 5.74) is 1.00. The number of nitrogens with zero attached hydrogens (tertiary/aromatic N) is 2. The van der Waals surface area contributed by atoms with Crippen molar-refractivity contribution in [1.29, 1.82) is 0 Å². The van der Waals surface area contributed by atoms with Crippen molar-refractivity contribution in [3.05, 3.63) is 60.1 Å². The Morgan fingerprint density at radius 1 is 1.00 bits per heavy atom. The van der Waals surface area contributed by atoms with Gasteiger partial charge in [-0.3, -0.25) is 24.0 Å². The summed E-state index contributed by atoms with van der Waals surface area (Å²) >= 11 is 0. The molecule has 0 radical (unpaired) electrons. The molecule has 3 aliphatic heterocycles. The number of nitrogens with one attached hydrogen (secondary N) is 3. The highest BCUT2D eigenvalue weighted by Crippen LogP contribution is 2.22. The van der Waals surface area contributed by atoms with Crippen LogP contribution in [0, 0.1) is 5.92 Å². The van der Waals surface area contributed by atoms with Crippen LogP contribution in [-0.2, 0) is 30.3 Å². The highest BCUT2D eigenvalue weighted by atomic mass is 16.5. The Kier molecular flexibility index (Phi) is 10.7. The highest BCUT2D eigenvalue weighted by Gasteiger charge is 2.41. The number of benzene rings is 1. The fourth-order valence-corrected chi connectivity index (χ4v) is 6.42. The molecule has 6 atom stereocenters. The predicted molar refractivity (Wildman–Crippen MR) is 165 cm³/mol. The standard InChI is InChI=1S/C33H43N5O8/c1-20(2)15-24-30(41)35-23-11-14-46-27(29(23)40)17-37(32(43)22-10-13-45-19-22)18-28(39)34-25(16-21-7-4-3-5-8-21)33(44)38-12-6-9-26(38)31(42)36-24/h3-5,7-8,10,13,19-20,23-27,29,40H,6,9,11-12,14-18H2,1-2H3,(H,34,39)(H,35,41)(H,36,42)/t23-,24+,25-,26+,27+,29-/m0/s1. The Bertz CT molecular complexity index is 1380. The molecule has 13 nitrogen and oxygen atoms in total. The largest absolute Gasteiger partial charge is 0.472 e. The number of amides is 5. The van der Waals surface area contributed by atoms with Gasteiger partial charge in [0.2, 0.25) is 23.6 Å². The summed E-state index contributed by atoms with van der Waals surface area (Å²) in [5, 5.41) is 19.9. The first-order chi connectivity index (χ1) is 22.1. The lowest BCUT2D eigenvalue weighted by Crippen LogP contribution is -2.60. The molecule has 2 aromatic rings. The molecule has 0 saturated carbocycles. The number of fused-ring (bicyclic) bond motifs is 3. The Balaban J connectivity index is 1.50. The van der Waals surface area contributed by atoms with Crippen molar-refractivity contribution in [3.8, 4) is 0 Å². The molecule has 5 rings (SSSR count). The average Bonchev–Trinajstić information content (AvgIpc) is 3.74. The molecule has 5 amide bonds. The Morgan fingerprint density at radius 2 is 1.78 bits per heavy atom. The van der Waals surface area contributed by atoms with Gasteiger partial charge < -0.3 is 40.0 Å². The van der Waals surface area contributed by atoms with Gasteiger partial charge in [-0.25, -0.2) is 0 Å². The SMILES string of the molecule is CC(C)C[C@H]1NC(=O)[C@H]2CCCN2C(=O)[C@H](Cc2ccccc2)NC(=O)CN(C(=O)c2ccoc2)C[C@H]2OCC[C@H](NC1=O)[C@@H]2O. The van der Waals surface area contributed by atoms with Crippen LogP contribution in [0.4, 0.5) is 0 Å². The Labute approximate surface area is 268 Å². The molecule has 248 valence electrons. The monoisotopic (exact) mass is 637 g/mol. The van der Waals surface area contributed by atoms with Crippen LogP contribution in [0.2, 0.25) is 0 Å². The van der Waals surface area contributed by atoms with Crippen molar-refractivity contribution < 1.29 is 38.2 Å². The van der Waals surface area contributed by atoms with Gasteiger partial charge in [0.1, 0.15) is 36.6 Å². The Hall–Kier alpha value is -4.23. The van der Waals surface area contributed by atoms with Gasteiger partial charge in [-0.1, -0.05) is 44.2 Å². The lowest BCUT2D eigenvalue weighted by atomic mass is 9.97. The van der Waals surface area contributed by atoms with Crippen molar-refractivity contribution >= 4 is 29.5 Å². The van der Waals surface area contributed by atoms with Crippen LogP contribution in [0.5, 0.6) is 0 Å². The van der Waals surface area contributed by atoms with Gasteiger partial charge in [-0.05, 0) is 43.2 Å². The van der Waals surface area contributed by atoms with Gasteiger partial charge >= 0.3 is 0 Å². The summed E-state index contributed by atoms with van der Waals surface area (Å²) in [6, 6.07) is 7.22. The first-order valence-corrected chi connectivity index (χ1v) is 16.0. The average molecular weight is 638 g/mol. The molecule has 1 aromatic carbocycles. The van der Waals surface area contributed by atoms with Crippen molar-refractivity contribution in [2.45, 2.75) is 82.3 Å². The van der Waals surface area contributed by atoms with E-state index in [0.717, 1.165) is 5.56 Å². The number of aliphatic hydroxyl groups excluding tert-OH is 1. The molecule has 46 heavy (non-hydrogen) atoms. The third-order valence-electron chi connectivity index (χ3n) is 8.77. The zero-order valence-corrected chi connectivity index (χ0v) is 26.2. The maximum Gasteiger partial charge on any atom is 0.257 e. The fourth-order valence-electron chi connectivity index (χ4n) is 6.42. The summed E-state index contributed by atoms with van der Waals surface area (Å²) in [5.74, 6) is -2.37. The highest BCUT2D eigenvalue weighted by molar-refractivity contribution is 5.98. The minimum absolute atomic E-state index is 0.0618. The maximum atomic E-state index is 14.1. The number of rotatable bonds is 5. The summed E-state index contributed by atoms with van der Waals surface area (Å²) in [7, 11) is 0. The lowest BCUT2D eigenvalue weighted by molar-refractivity contribution is -0.142. The van der Waals surface area contributed by atoms with Crippen molar-refractivity contribution in [2.24, 2.45) is 5.92 Å². The zero-order valence-electron chi connectivity index (χ0n) is 26.2. The second-order valence-corrected chi connectivity index (χ2v) is 12.7. The van der Waals surface area contributed by atoms with Gasteiger partial charge in [0.25, 0.3) is 5.91 Å². The summed E-state index contributed by atoms with van der Waals surface area (Å²) in [4.78, 5) is 71.2. The normalized spacial score (nSPS) is 28.3. The van der Waals surface area contributed by atoms with E-state index in [1.54, 1.807) is 0 Å². The number of aliphatic hydroxyl groups is 1. The molecule has 0 spiro atoms. The minimum atomic E-state index is -1.20. The number of ether oxygens (including phenoxy) is 1. The third-order valence-corrected chi connectivity index (χ3v) is 8.77. The van der Waals surface area contributed by atoms with Gasteiger partial charge in [0.05, 0.1) is 31.0 Å². The van der Waals surface area contributed by atoms with E-state index in [0.29, 0.717) is 32.2 Å². The molecular weight excluding hydrogens is 594 g/mol. The van der Waals surface area contributed by atoms with Gasteiger partial charge in [-0.15, -0.1) is 0 Å². The number of hydrogen-bond donors (Lipinski definition) is 4. The summed E-state index contributed by atoms with van der Waals surface area (Å²) < 4.78 is 10.9. The van der Waals surface area contributed by atoms with E-state index >= 15 is 0 Å². The van der Waals surface area contributed by atoms with Crippen LogP contribution in [0.1, 0.15) is 55.5 Å². The molecule has 4 heterocycles. The van der Waals surface area contributed by atoms with Crippen LogP contribution in [0.15, 0.2) is 53.3 Å². The van der Waals surface area contributed by atoms with Crippen LogP contribution in [0.25, 0.3) is 0 Å². The zero-order chi connectivity index (χ0) is 32.8. The summed E-state index contributed by atoms with van der Waals surface area (Å²) in [6.07, 6.45) is 2.29. The Morgan fingerprint density at radius 3 is 2.50 bits per heavy atom. The first kappa shape index (κ1) is 33.1. The molecule has 0 aliphatic carbocycles. The number of carbonyl (C=O) groups is 5. The minimum Gasteiger partial charge on any atom is -0.472 e. The molecule has 3 aliphatic rings. The number of carbonyl (C=O) groups excluding carboxylic acids is 5. The molecule has 13 heteroatoms. The first-order valence-electron chi connectivity index (χ1n) is 16.0. The topological polar surface area (TPSA) is 171 Å². The smallest absolute Gasteiger partial charge is 0.257 e. The molecule has 4 N–H and O–H groups in total. The van der Waals surface area contributed by atoms with E-state index in [2.05, 4.69) is 16.0 Å². The van der Waals surface area contributed by atoms with Gasteiger partial charge in [0.15, 0.2) is 0 Å². The van der Waals surface area contributed by atoms with E-state index in [1.807, 2.05) is 44.2 Å². The molecular formula is C33H43N5O8. The number of furan rings is 1. The molecule has 2 bridgehead atoms. The summed E-state index contributed by atoms with van der Waals surface area (Å²) in [6.45, 7) is 3.79. The van der Waals surface area contributed by atoms with Crippen molar-refractivity contribution in [2.75, 3.05) is 26.2 Å². The van der Waals surface area contributed by atoms with E-state index in [4.69, 9.17) is 9.15 Å². The van der Waals surface area contributed by atoms with E-state index in [9.17, 15) is 29.1 Å². The molecule has 0 unspecified atom stereocenters. The molecule has 3 fully saturated rings. The maximum absolute atomic E-state index is 14.1. The van der Waals surface area contributed by atoms with Crippen molar-refractivity contribution in [3.63, 3.8) is 0 Å². The number of hydrogen-bond acceptors (Lipinski definition) is 8. The van der Waals surface area contributed by atoms with Crippen LogP contribution in [0.3, 0.4) is 0 Å².